The van der Waals surface area contributed by atoms with E-state index in [0.717, 1.165) is 17.9 Å². The molecule has 0 unspecified atom stereocenters. The van der Waals surface area contributed by atoms with Crippen LogP contribution < -0.4 is 4.74 Å². The Hall–Kier alpha value is -1.97. The lowest BCUT2D eigenvalue weighted by atomic mass is 10.3. The fourth-order valence-corrected chi connectivity index (χ4v) is 1.80. The molecule has 0 aliphatic heterocycles. The number of aromatic amines is 1. The second-order valence-electron chi connectivity index (χ2n) is 3.49. The normalized spacial score (nSPS) is 10.4. The van der Waals surface area contributed by atoms with Gasteiger partial charge in [-0.3, -0.25) is 0 Å². The van der Waals surface area contributed by atoms with Crippen molar-refractivity contribution in [2.24, 2.45) is 0 Å². The fourth-order valence-electron chi connectivity index (χ4n) is 1.80. The van der Waals surface area contributed by atoms with Gasteiger partial charge in [0.2, 0.25) is 0 Å². The Labute approximate surface area is 94.4 Å². The molecular weight excluding hydrogens is 202 g/mol. The van der Waals surface area contributed by atoms with Crippen molar-refractivity contribution in [1.29, 1.82) is 5.41 Å². The van der Waals surface area contributed by atoms with E-state index >= 15 is 0 Å². The molecule has 2 aromatic rings. The van der Waals surface area contributed by atoms with Gasteiger partial charge in [0.15, 0.2) is 0 Å². The van der Waals surface area contributed by atoms with Crippen LogP contribution in [0, 0.1) is 5.41 Å². The molecule has 2 aromatic heterocycles. The molecular formula is C12H15N3O. The molecule has 4 nitrogen and oxygen atoms in total. The van der Waals surface area contributed by atoms with E-state index in [1.54, 1.807) is 7.11 Å². The van der Waals surface area contributed by atoms with Crippen LogP contribution in [0.5, 0.6) is 5.75 Å². The van der Waals surface area contributed by atoms with Gasteiger partial charge < -0.3 is 19.7 Å². The molecule has 4 heteroatoms. The molecule has 0 radical (unpaired) electrons. The highest BCUT2D eigenvalue weighted by Crippen LogP contribution is 2.26. The Morgan fingerprint density at radius 2 is 2.38 bits per heavy atom. The molecule has 0 spiro atoms. The van der Waals surface area contributed by atoms with Gasteiger partial charge in [-0.05, 0) is 19.1 Å². The van der Waals surface area contributed by atoms with Gasteiger partial charge in [-0.15, -0.1) is 0 Å². The van der Waals surface area contributed by atoms with Gasteiger partial charge in [0, 0.05) is 25.0 Å². The fraction of sp³-hybridized carbons (Fsp3) is 0.250. The summed E-state index contributed by atoms with van der Waals surface area (Å²) in [5.41, 5.74) is 2.78. The summed E-state index contributed by atoms with van der Waals surface area (Å²) in [4.78, 5) is 3.17. The molecule has 0 aliphatic carbocycles. The summed E-state index contributed by atoms with van der Waals surface area (Å²) in [6, 6.07) is 5.97. The van der Waals surface area contributed by atoms with E-state index in [9.17, 15) is 0 Å². The van der Waals surface area contributed by atoms with Crippen LogP contribution in [0.3, 0.4) is 0 Å². The lowest BCUT2D eigenvalue weighted by molar-refractivity contribution is 0.415. The Bertz CT molecular complexity index is 496. The molecule has 2 heterocycles. The van der Waals surface area contributed by atoms with E-state index in [1.807, 2.05) is 24.4 Å². The van der Waals surface area contributed by atoms with Gasteiger partial charge in [-0.25, -0.2) is 0 Å². The third kappa shape index (κ3) is 1.62. The van der Waals surface area contributed by atoms with Crippen molar-refractivity contribution in [2.45, 2.75) is 13.5 Å². The molecule has 16 heavy (non-hydrogen) atoms. The summed E-state index contributed by atoms with van der Waals surface area (Å²) in [7, 11) is 1.61. The van der Waals surface area contributed by atoms with Crippen LogP contribution >= 0.6 is 0 Å². The minimum atomic E-state index is 0.696. The lowest BCUT2D eigenvalue weighted by Crippen LogP contribution is -1.94. The number of methoxy groups -OCH3 is 1. The lowest BCUT2D eigenvalue weighted by Gasteiger charge is -2.03. The Morgan fingerprint density at radius 1 is 1.56 bits per heavy atom. The van der Waals surface area contributed by atoms with Gasteiger partial charge in [0.05, 0.1) is 24.2 Å². The van der Waals surface area contributed by atoms with E-state index in [4.69, 9.17) is 10.1 Å². The number of nitrogens with one attached hydrogen (secondary N) is 2. The van der Waals surface area contributed by atoms with E-state index < -0.39 is 0 Å². The number of aromatic nitrogens is 2. The predicted octanol–water partition coefficient (Wildman–Crippen LogP) is 2.51. The van der Waals surface area contributed by atoms with Crippen molar-refractivity contribution >= 4 is 6.21 Å². The van der Waals surface area contributed by atoms with E-state index in [2.05, 4.69) is 16.5 Å². The van der Waals surface area contributed by atoms with Crippen molar-refractivity contribution in [3.63, 3.8) is 0 Å². The number of H-pyrrole nitrogens is 1. The Kier molecular flexibility index (Phi) is 2.81. The van der Waals surface area contributed by atoms with Crippen LogP contribution in [0.2, 0.25) is 0 Å². The third-order valence-corrected chi connectivity index (χ3v) is 2.62. The summed E-state index contributed by atoms with van der Waals surface area (Å²) in [6.45, 7) is 3.02. The number of hydrogen-bond acceptors (Lipinski definition) is 2. The van der Waals surface area contributed by atoms with Crippen LogP contribution in [0.4, 0.5) is 0 Å². The Balaban J connectivity index is 2.48. The van der Waals surface area contributed by atoms with Crippen molar-refractivity contribution in [1.82, 2.24) is 9.55 Å². The van der Waals surface area contributed by atoms with Gasteiger partial charge in [0.25, 0.3) is 0 Å². The largest absolute Gasteiger partial charge is 0.494 e. The minimum absolute atomic E-state index is 0.696. The number of nitrogens with zero attached hydrogens (tertiary/aromatic N) is 1. The van der Waals surface area contributed by atoms with Crippen LogP contribution in [0.25, 0.3) is 11.4 Å². The van der Waals surface area contributed by atoms with Crippen molar-refractivity contribution in [2.75, 3.05) is 7.11 Å². The highest BCUT2D eigenvalue weighted by molar-refractivity contribution is 5.81. The average molecular weight is 217 g/mol. The molecule has 0 fully saturated rings. The Morgan fingerprint density at radius 3 is 2.94 bits per heavy atom. The molecule has 0 bridgehead atoms. The molecule has 0 amide bonds. The number of hydrogen-bond donors (Lipinski definition) is 2. The monoisotopic (exact) mass is 217 g/mol. The third-order valence-electron chi connectivity index (χ3n) is 2.62. The van der Waals surface area contributed by atoms with Gasteiger partial charge in [0.1, 0.15) is 5.75 Å². The van der Waals surface area contributed by atoms with Crippen LogP contribution in [0.1, 0.15) is 12.6 Å². The minimum Gasteiger partial charge on any atom is -0.494 e. The predicted molar refractivity (Wildman–Crippen MR) is 64.3 cm³/mol. The molecule has 84 valence electrons. The summed E-state index contributed by atoms with van der Waals surface area (Å²) in [5, 5.41) is 7.28. The maximum Gasteiger partial charge on any atom is 0.146 e. The van der Waals surface area contributed by atoms with E-state index in [1.165, 1.54) is 6.21 Å². The molecule has 0 saturated heterocycles. The number of rotatable bonds is 4. The van der Waals surface area contributed by atoms with E-state index in [0.29, 0.717) is 11.4 Å². The molecule has 2 rings (SSSR count). The number of ether oxygens (including phenoxy) is 1. The highest BCUT2D eigenvalue weighted by Gasteiger charge is 2.10. The zero-order chi connectivity index (χ0) is 11.5. The van der Waals surface area contributed by atoms with Crippen molar-refractivity contribution < 1.29 is 4.74 Å². The van der Waals surface area contributed by atoms with Gasteiger partial charge >= 0.3 is 0 Å². The quantitative estimate of drug-likeness (QED) is 0.759. The molecule has 0 aliphatic rings. The first-order chi connectivity index (χ1) is 7.80. The summed E-state index contributed by atoms with van der Waals surface area (Å²) < 4.78 is 7.33. The average Bonchev–Trinajstić information content (AvgIpc) is 2.93. The summed E-state index contributed by atoms with van der Waals surface area (Å²) >= 11 is 0. The topological polar surface area (TPSA) is 53.8 Å². The molecule has 0 aromatic carbocycles. The maximum absolute atomic E-state index is 7.28. The van der Waals surface area contributed by atoms with Crippen LogP contribution in [-0.2, 0) is 6.54 Å². The maximum atomic E-state index is 7.28. The number of aryl methyl sites for hydroxylation is 1. The smallest absolute Gasteiger partial charge is 0.146 e. The first kappa shape index (κ1) is 10.5. The first-order valence-electron chi connectivity index (χ1n) is 5.23. The molecule has 0 atom stereocenters. The van der Waals surface area contributed by atoms with Crippen LogP contribution in [0.15, 0.2) is 24.4 Å². The molecule has 0 saturated carbocycles. The van der Waals surface area contributed by atoms with Crippen molar-refractivity contribution in [3.8, 4) is 17.1 Å². The second-order valence-corrected chi connectivity index (χ2v) is 3.49. The zero-order valence-corrected chi connectivity index (χ0v) is 9.45. The second kappa shape index (κ2) is 4.26. The molecule has 2 N–H and O–H groups in total. The highest BCUT2D eigenvalue weighted by atomic mass is 16.5. The zero-order valence-electron chi connectivity index (χ0n) is 9.45. The van der Waals surface area contributed by atoms with Gasteiger partial charge in [-0.2, -0.15) is 0 Å². The summed E-state index contributed by atoms with van der Waals surface area (Å²) in [5.74, 6) is 0.703. The first-order valence-corrected chi connectivity index (χ1v) is 5.23. The standard InChI is InChI=1S/C12H15N3O/c1-3-15-6-4-5-11(15)9-7-12(16-2)10(8-13)14-9/h4-8,13-14H,3H2,1-2H3. The summed E-state index contributed by atoms with van der Waals surface area (Å²) in [6.07, 6.45) is 3.30. The van der Waals surface area contributed by atoms with E-state index in [-0.39, 0.29) is 0 Å². The van der Waals surface area contributed by atoms with Crippen molar-refractivity contribution in [3.05, 3.63) is 30.1 Å². The SMILES string of the molecule is CCn1cccc1-c1cc(OC)c(C=N)[nH]1. The van der Waals surface area contributed by atoms with Crippen LogP contribution in [-0.4, -0.2) is 22.9 Å². The van der Waals surface area contributed by atoms with Gasteiger partial charge in [-0.1, -0.05) is 0 Å².